The Morgan fingerprint density at radius 2 is 2.03 bits per heavy atom. The molecule has 0 spiro atoms. The molecule has 38 heavy (non-hydrogen) atoms. The number of rotatable bonds is 11. The summed E-state index contributed by atoms with van der Waals surface area (Å²) in [5.74, 6) is 2.22. The van der Waals surface area contributed by atoms with Gasteiger partial charge >= 0.3 is 5.97 Å². The van der Waals surface area contributed by atoms with Crippen LogP contribution in [0.2, 0.25) is 0 Å². The normalized spacial score (nSPS) is 13.7. The van der Waals surface area contributed by atoms with Crippen molar-refractivity contribution in [3.8, 4) is 11.5 Å². The van der Waals surface area contributed by atoms with E-state index in [9.17, 15) is 18.0 Å². The van der Waals surface area contributed by atoms with Gasteiger partial charge in [-0.1, -0.05) is 19.1 Å². The summed E-state index contributed by atoms with van der Waals surface area (Å²) in [6.45, 7) is 15.0. The molecule has 0 radical (unpaired) electrons. The SMILES string of the molecule is C/C=C(\C)C(=NCC)SC(C)CSc1cc(C)c(OCC(=O)OC)c2c1OCCC2.C=CCC(F)F.CF. The number of aryl methyl sites for hydroxylation is 1. The van der Waals surface area contributed by atoms with Gasteiger partial charge in [-0.05, 0) is 57.7 Å². The third-order valence-corrected chi connectivity index (χ3v) is 7.80. The number of halogens is 3. The molecule has 0 bridgehead atoms. The van der Waals surface area contributed by atoms with Crippen molar-refractivity contribution in [3.63, 3.8) is 0 Å². The molecule has 2 rings (SSSR count). The molecule has 1 heterocycles. The van der Waals surface area contributed by atoms with Gasteiger partial charge in [-0.25, -0.2) is 13.6 Å². The topological polar surface area (TPSA) is 57.1 Å². The van der Waals surface area contributed by atoms with E-state index >= 15 is 0 Å². The number of nitrogens with zero attached hydrogens (tertiary/aromatic N) is 1. The van der Waals surface area contributed by atoms with Gasteiger partial charge in [0.25, 0.3) is 0 Å². The lowest BCUT2D eigenvalue weighted by atomic mass is 10.0. The van der Waals surface area contributed by atoms with E-state index < -0.39 is 6.43 Å². The Morgan fingerprint density at radius 3 is 2.55 bits per heavy atom. The van der Waals surface area contributed by atoms with Crippen LogP contribution >= 0.6 is 23.5 Å². The van der Waals surface area contributed by atoms with Crippen LogP contribution in [0.5, 0.6) is 11.5 Å². The fourth-order valence-corrected chi connectivity index (χ4v) is 5.56. The summed E-state index contributed by atoms with van der Waals surface area (Å²) in [6, 6.07) is 2.11. The Balaban J connectivity index is 0.00000150. The molecule has 0 amide bonds. The molecule has 10 heteroatoms. The maximum Gasteiger partial charge on any atom is 0.343 e. The standard InChI is InChI=1S/C23H33NO4S2.C4H6F2.CH3F/c1-7-15(3)23(24-8-2)30-17(5)14-29-19-12-16(4)21(28-13-20(25)26-6)18-10-9-11-27-22(18)19;1-2-3-4(5)6;1-2/h7,12,17H,8-11,13-14H2,1-6H3;2,4H,1,3H2;1H3/b15-7+,24-23?;;. The maximum absolute atomic E-state index is 11.5. The third kappa shape index (κ3) is 13.1. The Kier molecular flexibility index (Phi) is 19.7. The van der Waals surface area contributed by atoms with Crippen molar-refractivity contribution in [3.05, 3.63) is 41.5 Å². The first kappa shape index (κ1) is 35.9. The molecule has 0 aliphatic carbocycles. The molecule has 1 aliphatic heterocycles. The summed E-state index contributed by atoms with van der Waals surface area (Å²) >= 11 is 3.63. The average molecular weight is 578 g/mol. The van der Waals surface area contributed by atoms with Crippen molar-refractivity contribution >= 4 is 34.5 Å². The van der Waals surface area contributed by atoms with Crippen molar-refractivity contribution in [2.24, 2.45) is 4.99 Å². The zero-order chi connectivity index (χ0) is 29.1. The number of thioether (sulfide) groups is 2. The number of carbonyl (C=O) groups excluding carboxylic acids is 1. The number of esters is 1. The van der Waals surface area contributed by atoms with Crippen LogP contribution in [0.15, 0.2) is 40.3 Å². The molecule has 0 saturated heterocycles. The van der Waals surface area contributed by atoms with Crippen molar-refractivity contribution in [2.45, 2.75) is 70.5 Å². The van der Waals surface area contributed by atoms with Crippen LogP contribution in [0.3, 0.4) is 0 Å². The molecule has 0 aromatic heterocycles. The first-order valence-corrected chi connectivity index (χ1v) is 14.3. The van der Waals surface area contributed by atoms with Gasteiger partial charge in [0.05, 0.1) is 30.8 Å². The number of hydrogen-bond acceptors (Lipinski definition) is 7. The molecule has 1 atom stereocenters. The van der Waals surface area contributed by atoms with E-state index in [-0.39, 0.29) is 19.0 Å². The van der Waals surface area contributed by atoms with Crippen molar-refractivity contribution in [1.29, 1.82) is 0 Å². The molecule has 5 nitrogen and oxygen atoms in total. The molecule has 1 unspecified atom stereocenters. The first-order chi connectivity index (χ1) is 18.2. The van der Waals surface area contributed by atoms with E-state index in [1.807, 2.05) is 18.7 Å². The van der Waals surface area contributed by atoms with E-state index in [0.717, 1.165) is 57.7 Å². The highest BCUT2D eigenvalue weighted by Gasteiger charge is 2.23. The number of ether oxygens (including phenoxy) is 3. The van der Waals surface area contributed by atoms with E-state index in [1.165, 1.54) is 18.8 Å². The Bertz CT molecular complexity index is 924. The summed E-state index contributed by atoms with van der Waals surface area (Å²) in [5, 5.41) is 1.53. The largest absolute Gasteiger partial charge is 0.492 e. The van der Waals surface area contributed by atoms with E-state index in [2.05, 4.69) is 51.4 Å². The lowest BCUT2D eigenvalue weighted by molar-refractivity contribution is -0.142. The van der Waals surface area contributed by atoms with Gasteiger partial charge in [-0.3, -0.25) is 9.38 Å². The van der Waals surface area contributed by atoms with E-state index in [4.69, 9.17) is 14.2 Å². The lowest BCUT2D eigenvalue weighted by Crippen LogP contribution is -2.17. The van der Waals surface area contributed by atoms with Crippen LogP contribution in [-0.4, -0.2) is 62.5 Å². The lowest BCUT2D eigenvalue weighted by Gasteiger charge is -2.25. The summed E-state index contributed by atoms with van der Waals surface area (Å²) in [5.41, 5.74) is 3.30. The number of hydrogen-bond donors (Lipinski definition) is 0. The molecule has 216 valence electrons. The second-order valence-electron chi connectivity index (χ2n) is 8.05. The van der Waals surface area contributed by atoms with Crippen molar-refractivity contribution < 1.29 is 32.2 Å². The average Bonchev–Trinajstić information content (AvgIpc) is 2.91. The van der Waals surface area contributed by atoms with Crippen LogP contribution in [0, 0.1) is 6.92 Å². The van der Waals surface area contributed by atoms with Crippen LogP contribution in [0.1, 0.15) is 51.7 Å². The first-order valence-electron chi connectivity index (χ1n) is 12.4. The Labute approximate surface area is 234 Å². The van der Waals surface area contributed by atoms with Gasteiger partial charge in [-0.2, -0.15) is 0 Å². The van der Waals surface area contributed by atoms with E-state index in [1.54, 1.807) is 11.8 Å². The number of fused-ring (bicyclic) bond motifs is 1. The minimum Gasteiger partial charge on any atom is -0.492 e. The highest BCUT2D eigenvalue weighted by molar-refractivity contribution is 8.15. The Hall–Kier alpha value is -2.07. The van der Waals surface area contributed by atoms with Gasteiger partial charge in [0, 0.05) is 29.5 Å². The monoisotopic (exact) mass is 577 g/mol. The molecule has 0 N–H and O–H groups in total. The van der Waals surface area contributed by atoms with Crippen LogP contribution in [0.4, 0.5) is 13.2 Å². The number of allylic oxidation sites excluding steroid dienone is 2. The number of alkyl halides is 3. The smallest absolute Gasteiger partial charge is 0.343 e. The summed E-state index contributed by atoms with van der Waals surface area (Å²) in [7, 11) is 1.87. The molecule has 1 aliphatic rings. The highest BCUT2D eigenvalue weighted by atomic mass is 32.2. The Morgan fingerprint density at radius 1 is 1.34 bits per heavy atom. The molecule has 0 saturated carbocycles. The van der Waals surface area contributed by atoms with Gasteiger partial charge < -0.3 is 14.2 Å². The quantitative estimate of drug-likeness (QED) is 0.0877. The summed E-state index contributed by atoms with van der Waals surface area (Å²) in [6.07, 6.45) is 2.73. The third-order valence-electron chi connectivity index (χ3n) is 5.06. The van der Waals surface area contributed by atoms with Crippen LogP contribution in [-0.2, 0) is 16.0 Å². The van der Waals surface area contributed by atoms with Gasteiger partial charge in [0.2, 0.25) is 6.43 Å². The van der Waals surface area contributed by atoms with Gasteiger partial charge in [0.1, 0.15) is 11.5 Å². The molecular formula is C28H42F3NO4S2. The fourth-order valence-electron chi connectivity index (χ4n) is 3.20. The van der Waals surface area contributed by atoms with E-state index in [0.29, 0.717) is 19.0 Å². The zero-order valence-electron chi connectivity index (χ0n) is 23.6. The van der Waals surface area contributed by atoms with Gasteiger partial charge in [-0.15, -0.1) is 30.1 Å². The number of methoxy groups -OCH3 is 1. The summed E-state index contributed by atoms with van der Waals surface area (Å²) in [4.78, 5) is 17.3. The maximum atomic E-state index is 11.5. The fraction of sp³-hybridized carbons (Fsp3) is 0.571. The number of carbonyl (C=O) groups is 1. The predicted octanol–water partition coefficient (Wildman–Crippen LogP) is 7.88. The second kappa shape index (κ2) is 20.8. The van der Waals surface area contributed by atoms with Crippen LogP contribution in [0.25, 0.3) is 0 Å². The number of aliphatic imine (C=N–C) groups is 1. The molecule has 1 aromatic carbocycles. The zero-order valence-corrected chi connectivity index (χ0v) is 25.2. The van der Waals surface area contributed by atoms with Crippen molar-refractivity contribution in [2.75, 3.05) is 39.8 Å². The molecular weight excluding hydrogens is 535 g/mol. The van der Waals surface area contributed by atoms with Gasteiger partial charge in [0.15, 0.2) is 6.61 Å². The molecule has 0 fully saturated rings. The molecule has 1 aromatic rings. The highest BCUT2D eigenvalue weighted by Crippen LogP contribution is 2.43. The second-order valence-corrected chi connectivity index (χ2v) is 10.5. The van der Waals surface area contributed by atoms with Crippen LogP contribution < -0.4 is 9.47 Å². The minimum absolute atomic E-state index is 0.0895. The predicted molar refractivity (Wildman–Crippen MR) is 156 cm³/mol. The summed E-state index contributed by atoms with van der Waals surface area (Å²) < 4.78 is 48.0. The minimum atomic E-state index is -2.22. The van der Waals surface area contributed by atoms with Crippen molar-refractivity contribution in [1.82, 2.24) is 0 Å². The number of benzene rings is 1.